The van der Waals surface area contributed by atoms with Gasteiger partial charge >= 0.3 is 0 Å². The van der Waals surface area contributed by atoms with Crippen molar-refractivity contribution in [2.75, 3.05) is 5.32 Å². The van der Waals surface area contributed by atoms with Crippen LogP contribution in [0.5, 0.6) is 0 Å². The quantitative estimate of drug-likeness (QED) is 0.662. The largest absolute Gasteiger partial charge is 0.370 e. The number of nitrogens with zero attached hydrogens (tertiary/aromatic N) is 3. The van der Waals surface area contributed by atoms with Crippen LogP contribution in [-0.4, -0.2) is 15.9 Å². The first-order valence-electron chi connectivity index (χ1n) is 6.48. The van der Waals surface area contributed by atoms with Crippen LogP contribution in [0.3, 0.4) is 0 Å². The molecule has 0 aliphatic rings. The Balaban J connectivity index is 2.04. The minimum absolute atomic E-state index is 0.316. The average molecular weight is 269 g/mol. The lowest BCUT2D eigenvalue weighted by molar-refractivity contribution is 1.04. The molecular weight excluding hydrogens is 250 g/mol. The van der Waals surface area contributed by atoms with Crippen molar-refractivity contribution in [3.63, 3.8) is 0 Å². The van der Waals surface area contributed by atoms with E-state index < -0.39 is 0 Å². The molecule has 3 N–H and O–H groups in total. The van der Waals surface area contributed by atoms with Crippen LogP contribution in [0.2, 0.25) is 0 Å². The van der Waals surface area contributed by atoms with Crippen molar-refractivity contribution in [3.05, 3.63) is 52.8 Å². The van der Waals surface area contributed by atoms with Crippen LogP contribution in [0.25, 0.3) is 0 Å². The first-order valence-corrected chi connectivity index (χ1v) is 6.48. The SMILES string of the molecule is Cc1cccc(CN=C(N)Nc2nc(C)cc(C)n2)c1. The average Bonchev–Trinajstić information content (AvgIpc) is 2.35. The Morgan fingerprint density at radius 2 is 1.85 bits per heavy atom. The van der Waals surface area contributed by atoms with Gasteiger partial charge in [-0.25, -0.2) is 15.0 Å². The Morgan fingerprint density at radius 3 is 2.50 bits per heavy atom. The van der Waals surface area contributed by atoms with E-state index >= 15 is 0 Å². The molecule has 20 heavy (non-hydrogen) atoms. The van der Waals surface area contributed by atoms with Crippen LogP contribution >= 0.6 is 0 Å². The molecule has 0 fully saturated rings. The van der Waals surface area contributed by atoms with Crippen molar-refractivity contribution < 1.29 is 0 Å². The zero-order valence-electron chi connectivity index (χ0n) is 12.0. The third-order valence-corrected chi connectivity index (χ3v) is 2.74. The molecular formula is C15H19N5. The second kappa shape index (κ2) is 6.14. The number of aromatic nitrogens is 2. The summed E-state index contributed by atoms with van der Waals surface area (Å²) in [7, 11) is 0. The van der Waals surface area contributed by atoms with E-state index in [2.05, 4.69) is 39.3 Å². The monoisotopic (exact) mass is 269 g/mol. The highest BCUT2D eigenvalue weighted by Crippen LogP contribution is 2.06. The minimum Gasteiger partial charge on any atom is -0.370 e. The lowest BCUT2D eigenvalue weighted by atomic mass is 10.1. The molecule has 0 saturated heterocycles. The molecule has 0 aliphatic carbocycles. The molecule has 5 heteroatoms. The summed E-state index contributed by atoms with van der Waals surface area (Å²) in [4.78, 5) is 12.8. The predicted octanol–water partition coefficient (Wildman–Crippen LogP) is 2.33. The Kier molecular flexibility index (Phi) is 4.30. The Bertz CT molecular complexity index is 614. The van der Waals surface area contributed by atoms with Crippen LogP contribution in [0.1, 0.15) is 22.5 Å². The van der Waals surface area contributed by atoms with E-state index in [1.165, 1.54) is 5.56 Å². The van der Waals surface area contributed by atoms with Gasteiger partial charge in [-0.05, 0) is 32.4 Å². The Labute approximate surface area is 119 Å². The Morgan fingerprint density at radius 1 is 1.15 bits per heavy atom. The molecule has 0 atom stereocenters. The maximum Gasteiger partial charge on any atom is 0.229 e. The lowest BCUT2D eigenvalue weighted by Gasteiger charge is -2.06. The maximum atomic E-state index is 5.85. The number of nitrogens with one attached hydrogen (secondary N) is 1. The molecule has 0 radical (unpaired) electrons. The number of benzene rings is 1. The van der Waals surface area contributed by atoms with Gasteiger partial charge < -0.3 is 5.73 Å². The number of rotatable bonds is 3. The zero-order chi connectivity index (χ0) is 14.5. The van der Waals surface area contributed by atoms with Crippen LogP contribution in [0, 0.1) is 20.8 Å². The number of nitrogens with two attached hydrogens (primary N) is 1. The summed E-state index contributed by atoms with van der Waals surface area (Å²) in [5, 5.41) is 2.91. The topological polar surface area (TPSA) is 76.2 Å². The number of anilines is 1. The number of aliphatic imine (C=N–C) groups is 1. The van der Waals surface area contributed by atoms with Crippen molar-refractivity contribution >= 4 is 11.9 Å². The van der Waals surface area contributed by atoms with E-state index in [9.17, 15) is 0 Å². The molecule has 0 bridgehead atoms. The molecule has 0 amide bonds. The number of guanidine groups is 1. The summed E-state index contributed by atoms with van der Waals surface area (Å²) in [5.74, 6) is 0.796. The van der Waals surface area contributed by atoms with E-state index in [4.69, 9.17) is 5.73 Å². The summed E-state index contributed by atoms with van der Waals surface area (Å²) in [5.41, 5.74) is 9.97. The second-order valence-electron chi connectivity index (χ2n) is 4.79. The van der Waals surface area contributed by atoms with Gasteiger partial charge in [0.05, 0.1) is 6.54 Å². The molecule has 0 unspecified atom stereocenters. The second-order valence-corrected chi connectivity index (χ2v) is 4.79. The summed E-state index contributed by atoms with van der Waals surface area (Å²) < 4.78 is 0. The van der Waals surface area contributed by atoms with Gasteiger partial charge in [0.15, 0.2) is 5.96 Å². The number of aryl methyl sites for hydroxylation is 3. The van der Waals surface area contributed by atoms with Crippen LogP contribution in [-0.2, 0) is 6.54 Å². The Hall–Kier alpha value is -2.43. The number of hydrogen-bond donors (Lipinski definition) is 2. The fourth-order valence-electron chi connectivity index (χ4n) is 1.92. The molecule has 1 aromatic carbocycles. The molecule has 0 aliphatic heterocycles. The minimum atomic E-state index is 0.316. The zero-order valence-corrected chi connectivity index (χ0v) is 12.0. The molecule has 1 aromatic heterocycles. The molecule has 104 valence electrons. The fourth-order valence-corrected chi connectivity index (χ4v) is 1.92. The molecule has 1 heterocycles. The van der Waals surface area contributed by atoms with Gasteiger partial charge in [0.25, 0.3) is 0 Å². The highest BCUT2D eigenvalue weighted by atomic mass is 15.2. The first-order chi connectivity index (χ1) is 9.52. The van der Waals surface area contributed by atoms with Gasteiger partial charge in [-0.1, -0.05) is 29.8 Å². The smallest absolute Gasteiger partial charge is 0.229 e. The van der Waals surface area contributed by atoms with Crippen LogP contribution in [0.15, 0.2) is 35.3 Å². The molecule has 2 aromatic rings. The van der Waals surface area contributed by atoms with Gasteiger partial charge in [0.2, 0.25) is 5.95 Å². The van der Waals surface area contributed by atoms with Crippen LogP contribution < -0.4 is 11.1 Å². The third-order valence-electron chi connectivity index (χ3n) is 2.74. The summed E-state index contributed by atoms with van der Waals surface area (Å²) in [6, 6.07) is 10.1. The normalized spacial score (nSPS) is 11.4. The fraction of sp³-hybridized carbons (Fsp3) is 0.267. The van der Waals surface area contributed by atoms with Crippen molar-refractivity contribution in [2.24, 2.45) is 10.7 Å². The lowest BCUT2D eigenvalue weighted by Crippen LogP contribution is -2.24. The van der Waals surface area contributed by atoms with Crippen LogP contribution in [0.4, 0.5) is 5.95 Å². The molecule has 5 nitrogen and oxygen atoms in total. The van der Waals surface area contributed by atoms with E-state index in [1.807, 2.05) is 32.0 Å². The van der Waals surface area contributed by atoms with Gasteiger partial charge in [0.1, 0.15) is 0 Å². The standard InChI is InChI=1S/C15H19N5/c1-10-5-4-6-13(7-10)9-17-14(16)20-15-18-11(2)8-12(3)19-15/h4-8H,9H2,1-3H3,(H3,16,17,18,19,20). The molecule has 0 saturated carbocycles. The van der Waals surface area contributed by atoms with Gasteiger partial charge in [0, 0.05) is 11.4 Å². The van der Waals surface area contributed by atoms with E-state index in [0.29, 0.717) is 18.5 Å². The van der Waals surface area contributed by atoms with Crippen molar-refractivity contribution in [3.8, 4) is 0 Å². The van der Waals surface area contributed by atoms with E-state index in [0.717, 1.165) is 17.0 Å². The van der Waals surface area contributed by atoms with Gasteiger partial charge in [-0.3, -0.25) is 5.32 Å². The van der Waals surface area contributed by atoms with Crippen molar-refractivity contribution in [1.29, 1.82) is 0 Å². The summed E-state index contributed by atoms with van der Waals surface area (Å²) >= 11 is 0. The number of hydrogen-bond acceptors (Lipinski definition) is 3. The first kappa shape index (κ1) is 14.0. The van der Waals surface area contributed by atoms with Gasteiger partial charge in [-0.15, -0.1) is 0 Å². The van der Waals surface area contributed by atoms with Crippen molar-refractivity contribution in [1.82, 2.24) is 9.97 Å². The highest BCUT2D eigenvalue weighted by Gasteiger charge is 2.01. The summed E-state index contributed by atoms with van der Waals surface area (Å²) in [6.07, 6.45) is 0. The van der Waals surface area contributed by atoms with Crippen molar-refractivity contribution in [2.45, 2.75) is 27.3 Å². The van der Waals surface area contributed by atoms with E-state index in [1.54, 1.807) is 0 Å². The maximum absolute atomic E-state index is 5.85. The summed E-state index contributed by atoms with van der Waals surface area (Å²) in [6.45, 7) is 6.42. The molecule has 2 rings (SSSR count). The van der Waals surface area contributed by atoms with E-state index in [-0.39, 0.29) is 0 Å². The predicted molar refractivity (Wildman–Crippen MR) is 81.6 cm³/mol. The highest BCUT2D eigenvalue weighted by molar-refractivity contribution is 5.90. The molecule has 0 spiro atoms. The third kappa shape index (κ3) is 4.05. The van der Waals surface area contributed by atoms with Gasteiger partial charge in [-0.2, -0.15) is 0 Å².